The monoisotopic (exact) mass is 451 g/mol. The Kier molecular flexibility index (Phi) is 6.20. The first-order chi connectivity index (χ1) is 15.8. The SMILES string of the molecule is C=CCOC(=O)[C@H](NC(=O)OCC1c2ccccc2-c2ccccc21)[C@H]1OC(C)(C)OC1=O. The molecule has 0 spiro atoms. The molecular weight excluding hydrogens is 426 g/mol. The van der Waals surface area contributed by atoms with Crippen LogP contribution in [-0.4, -0.2) is 49.2 Å². The molecule has 0 bridgehead atoms. The largest absolute Gasteiger partial charge is 0.460 e. The Balaban J connectivity index is 1.47. The van der Waals surface area contributed by atoms with Crippen molar-refractivity contribution in [2.45, 2.75) is 37.7 Å². The van der Waals surface area contributed by atoms with Crippen molar-refractivity contribution in [1.29, 1.82) is 0 Å². The van der Waals surface area contributed by atoms with Gasteiger partial charge in [0.05, 0.1) is 0 Å². The lowest BCUT2D eigenvalue weighted by molar-refractivity contribution is -0.162. The minimum atomic E-state index is -1.44. The van der Waals surface area contributed by atoms with Crippen LogP contribution in [0.4, 0.5) is 4.79 Å². The number of rotatable bonds is 7. The average molecular weight is 451 g/mol. The van der Waals surface area contributed by atoms with Gasteiger partial charge in [0.2, 0.25) is 5.79 Å². The standard InChI is InChI=1S/C25H25NO7/c1-4-13-30-22(27)20(21-23(28)33-25(2,3)32-21)26-24(29)31-14-19-17-11-7-5-9-15(17)16-10-6-8-12-18(16)19/h4-12,19-21H,1,13-14H2,2-3H3,(H,26,29)/t20-,21-/m1/s1. The summed E-state index contributed by atoms with van der Waals surface area (Å²) >= 11 is 0. The van der Waals surface area contributed by atoms with E-state index in [0.29, 0.717) is 0 Å². The molecule has 0 saturated carbocycles. The lowest BCUT2D eigenvalue weighted by atomic mass is 9.98. The highest BCUT2D eigenvalue weighted by molar-refractivity contribution is 5.90. The maximum absolute atomic E-state index is 12.7. The van der Waals surface area contributed by atoms with Crippen LogP contribution in [0.25, 0.3) is 11.1 Å². The summed E-state index contributed by atoms with van der Waals surface area (Å²) in [4.78, 5) is 37.5. The van der Waals surface area contributed by atoms with Gasteiger partial charge in [-0.1, -0.05) is 61.2 Å². The second-order valence-corrected chi connectivity index (χ2v) is 8.23. The van der Waals surface area contributed by atoms with E-state index < -0.39 is 36.0 Å². The Morgan fingerprint density at radius 2 is 1.70 bits per heavy atom. The molecule has 8 nitrogen and oxygen atoms in total. The number of alkyl carbamates (subject to hydrolysis) is 1. The Morgan fingerprint density at radius 3 is 2.24 bits per heavy atom. The number of carbonyl (C=O) groups is 3. The van der Waals surface area contributed by atoms with Gasteiger partial charge in [0.25, 0.3) is 0 Å². The molecule has 1 amide bonds. The second-order valence-electron chi connectivity index (χ2n) is 8.23. The highest BCUT2D eigenvalue weighted by Crippen LogP contribution is 2.44. The zero-order chi connectivity index (χ0) is 23.6. The van der Waals surface area contributed by atoms with Crippen molar-refractivity contribution in [2.24, 2.45) is 0 Å². The Hall–Kier alpha value is -3.65. The van der Waals surface area contributed by atoms with Gasteiger partial charge >= 0.3 is 18.0 Å². The maximum atomic E-state index is 12.7. The normalized spacial score (nSPS) is 19.1. The van der Waals surface area contributed by atoms with E-state index >= 15 is 0 Å². The molecule has 4 rings (SSSR count). The van der Waals surface area contributed by atoms with Crippen LogP contribution < -0.4 is 5.32 Å². The molecule has 2 aliphatic rings. The Labute approximate surface area is 191 Å². The fraction of sp³-hybridized carbons (Fsp3) is 0.320. The van der Waals surface area contributed by atoms with E-state index in [2.05, 4.69) is 11.9 Å². The van der Waals surface area contributed by atoms with Crippen LogP contribution in [0.3, 0.4) is 0 Å². The third-order valence-corrected chi connectivity index (χ3v) is 5.51. The zero-order valence-corrected chi connectivity index (χ0v) is 18.4. The van der Waals surface area contributed by atoms with Gasteiger partial charge in [0, 0.05) is 19.8 Å². The van der Waals surface area contributed by atoms with Gasteiger partial charge in [0.15, 0.2) is 12.1 Å². The first-order valence-electron chi connectivity index (χ1n) is 10.6. The van der Waals surface area contributed by atoms with Gasteiger partial charge in [-0.3, -0.25) is 0 Å². The smallest absolute Gasteiger partial charge is 0.407 e. The lowest BCUT2D eigenvalue weighted by Gasteiger charge is -2.22. The fourth-order valence-electron chi connectivity index (χ4n) is 4.14. The minimum absolute atomic E-state index is 0.0513. The first-order valence-corrected chi connectivity index (χ1v) is 10.6. The molecule has 1 fully saturated rings. The summed E-state index contributed by atoms with van der Waals surface area (Å²) < 4.78 is 21.2. The van der Waals surface area contributed by atoms with Crippen LogP contribution in [-0.2, 0) is 28.5 Å². The van der Waals surface area contributed by atoms with Crippen molar-refractivity contribution >= 4 is 18.0 Å². The summed E-state index contributed by atoms with van der Waals surface area (Å²) in [6.07, 6.45) is -0.864. The summed E-state index contributed by atoms with van der Waals surface area (Å²) in [5, 5.41) is 2.41. The van der Waals surface area contributed by atoms with Crippen LogP contribution in [0.1, 0.15) is 30.9 Å². The highest BCUT2D eigenvalue weighted by Gasteiger charge is 2.49. The second kappa shape index (κ2) is 9.07. The molecule has 1 aliphatic carbocycles. The molecule has 1 heterocycles. The van der Waals surface area contributed by atoms with Gasteiger partial charge in [-0.25, -0.2) is 14.4 Å². The van der Waals surface area contributed by atoms with E-state index in [4.69, 9.17) is 18.9 Å². The van der Waals surface area contributed by atoms with Crippen molar-refractivity contribution in [1.82, 2.24) is 5.32 Å². The summed E-state index contributed by atoms with van der Waals surface area (Å²) in [5.74, 6) is -3.02. The van der Waals surface area contributed by atoms with Crippen molar-refractivity contribution in [3.8, 4) is 11.1 Å². The summed E-state index contributed by atoms with van der Waals surface area (Å²) in [7, 11) is 0. The highest BCUT2D eigenvalue weighted by atomic mass is 16.8. The number of benzene rings is 2. The van der Waals surface area contributed by atoms with Crippen LogP contribution in [0.5, 0.6) is 0 Å². The topological polar surface area (TPSA) is 100 Å². The van der Waals surface area contributed by atoms with Gasteiger partial charge in [-0.2, -0.15) is 0 Å². The number of nitrogens with one attached hydrogen (secondary N) is 1. The molecule has 0 unspecified atom stereocenters. The number of cyclic esters (lactones) is 1. The van der Waals surface area contributed by atoms with Crippen molar-refractivity contribution < 1.29 is 33.3 Å². The van der Waals surface area contributed by atoms with E-state index in [9.17, 15) is 14.4 Å². The minimum Gasteiger partial charge on any atom is -0.460 e. The number of fused-ring (bicyclic) bond motifs is 3. The lowest BCUT2D eigenvalue weighted by Crippen LogP contribution is -2.52. The summed E-state index contributed by atoms with van der Waals surface area (Å²) in [5.41, 5.74) is 4.30. The number of hydrogen-bond acceptors (Lipinski definition) is 7. The molecule has 0 radical (unpaired) electrons. The molecule has 2 atom stereocenters. The summed E-state index contributed by atoms with van der Waals surface area (Å²) in [6.45, 7) is 6.51. The van der Waals surface area contributed by atoms with E-state index in [0.717, 1.165) is 22.3 Å². The number of ether oxygens (including phenoxy) is 4. The van der Waals surface area contributed by atoms with E-state index in [1.54, 1.807) is 0 Å². The number of carbonyl (C=O) groups excluding carboxylic acids is 3. The molecule has 33 heavy (non-hydrogen) atoms. The van der Waals surface area contributed by atoms with Gasteiger partial charge < -0.3 is 24.3 Å². The van der Waals surface area contributed by atoms with Gasteiger partial charge in [-0.05, 0) is 22.3 Å². The predicted molar refractivity (Wildman–Crippen MR) is 118 cm³/mol. The first kappa shape index (κ1) is 22.5. The van der Waals surface area contributed by atoms with Crippen molar-refractivity contribution in [3.05, 3.63) is 72.3 Å². The number of amides is 1. The van der Waals surface area contributed by atoms with Crippen molar-refractivity contribution in [3.63, 3.8) is 0 Å². The maximum Gasteiger partial charge on any atom is 0.407 e. The van der Waals surface area contributed by atoms with Gasteiger partial charge in [0.1, 0.15) is 13.2 Å². The molecule has 172 valence electrons. The third-order valence-electron chi connectivity index (χ3n) is 5.51. The van der Waals surface area contributed by atoms with Crippen LogP contribution in [0.15, 0.2) is 61.2 Å². The molecule has 2 aromatic rings. The molecule has 8 heteroatoms. The molecule has 0 aromatic heterocycles. The zero-order valence-electron chi connectivity index (χ0n) is 18.4. The van der Waals surface area contributed by atoms with Gasteiger partial charge in [-0.15, -0.1) is 0 Å². The Morgan fingerprint density at radius 1 is 1.09 bits per heavy atom. The molecule has 1 aliphatic heterocycles. The molecule has 1 saturated heterocycles. The van der Waals surface area contributed by atoms with Crippen LogP contribution in [0.2, 0.25) is 0 Å². The third kappa shape index (κ3) is 4.61. The fourth-order valence-corrected chi connectivity index (χ4v) is 4.14. The van der Waals surface area contributed by atoms with Crippen LogP contribution in [0, 0.1) is 0 Å². The number of esters is 2. The van der Waals surface area contributed by atoms with E-state index in [1.165, 1.54) is 19.9 Å². The quantitative estimate of drug-likeness (QED) is 0.392. The summed E-state index contributed by atoms with van der Waals surface area (Å²) in [6, 6.07) is 14.4. The van der Waals surface area contributed by atoms with Crippen LogP contribution >= 0.6 is 0 Å². The van der Waals surface area contributed by atoms with Crippen molar-refractivity contribution in [2.75, 3.05) is 13.2 Å². The molecular formula is C25H25NO7. The van der Waals surface area contributed by atoms with E-state index in [1.807, 2.05) is 48.5 Å². The predicted octanol–water partition coefficient (Wildman–Crippen LogP) is 3.30. The average Bonchev–Trinajstić information content (AvgIpc) is 3.26. The van der Waals surface area contributed by atoms with E-state index in [-0.39, 0.29) is 19.1 Å². The molecule has 1 N–H and O–H groups in total. The molecule has 2 aromatic carbocycles. The Bertz CT molecular complexity index is 1050. The number of hydrogen-bond donors (Lipinski definition) is 1.